The number of amides is 1. The fraction of sp³-hybridized carbons (Fsp3) is 0.280. The van der Waals surface area contributed by atoms with Crippen LogP contribution in [0.15, 0.2) is 57.2 Å². The van der Waals surface area contributed by atoms with Gasteiger partial charge >= 0.3 is 5.97 Å². The Labute approximate surface area is 242 Å². The number of nitrogens with one attached hydrogen (secondary N) is 3. The van der Waals surface area contributed by atoms with Gasteiger partial charge in [-0.25, -0.2) is 10.2 Å². The number of halogens is 2. The number of para-hydroxylation sites is 1. The highest BCUT2D eigenvalue weighted by Crippen LogP contribution is 2.34. The second-order valence-electron chi connectivity index (χ2n) is 7.66. The molecule has 1 atom stereocenters. The van der Waals surface area contributed by atoms with Crippen LogP contribution in [0.2, 0.25) is 0 Å². The van der Waals surface area contributed by atoms with Gasteiger partial charge in [0, 0.05) is 11.3 Å². The molecule has 0 aromatic heterocycles. The minimum Gasteiger partial charge on any atom is -0.492 e. The lowest BCUT2D eigenvalue weighted by atomic mass is 9.95. The zero-order chi connectivity index (χ0) is 26.9. The zero-order valence-corrected chi connectivity index (χ0v) is 25.0. The Balaban J connectivity index is 1.69. The number of allylic oxidation sites excluding steroid dienone is 1. The number of benzene rings is 2. The summed E-state index contributed by atoms with van der Waals surface area (Å²) in [5.41, 5.74) is 4.86. The first-order chi connectivity index (χ1) is 17.7. The smallest absolute Gasteiger partial charge is 0.338 e. The Bertz CT molecular complexity index is 1230. The molecule has 1 amide bonds. The van der Waals surface area contributed by atoms with Gasteiger partial charge < -0.3 is 24.8 Å². The normalized spacial score (nSPS) is 15.2. The van der Waals surface area contributed by atoms with Gasteiger partial charge in [-0.2, -0.15) is 5.10 Å². The van der Waals surface area contributed by atoms with Crippen LogP contribution in [0.1, 0.15) is 37.9 Å². The van der Waals surface area contributed by atoms with Gasteiger partial charge in [0.1, 0.15) is 11.5 Å². The first-order valence-corrected chi connectivity index (χ1v) is 13.6. The highest BCUT2D eigenvalue weighted by Gasteiger charge is 2.32. The van der Waals surface area contributed by atoms with E-state index >= 15 is 0 Å². The van der Waals surface area contributed by atoms with Crippen molar-refractivity contribution in [1.82, 2.24) is 16.1 Å². The summed E-state index contributed by atoms with van der Waals surface area (Å²) in [4.78, 5) is 25.1. The van der Waals surface area contributed by atoms with E-state index in [0.717, 1.165) is 19.4 Å². The Hall–Kier alpha value is -2.71. The van der Waals surface area contributed by atoms with Crippen molar-refractivity contribution < 1.29 is 23.8 Å². The fourth-order valence-corrected chi connectivity index (χ4v) is 5.59. The summed E-state index contributed by atoms with van der Waals surface area (Å²) < 4.78 is 18.4. The van der Waals surface area contributed by atoms with Gasteiger partial charge in [0.2, 0.25) is 0 Å². The Morgan fingerprint density at radius 1 is 1.22 bits per heavy atom. The number of carbonyl (C=O) groups excluding carboxylic acids is 2. The van der Waals surface area contributed by atoms with Gasteiger partial charge in [0.15, 0.2) is 11.7 Å². The van der Waals surface area contributed by atoms with Crippen molar-refractivity contribution in [3.8, 4) is 11.5 Å². The highest BCUT2D eigenvalue weighted by molar-refractivity contribution is 14.1. The lowest BCUT2D eigenvalue weighted by Crippen LogP contribution is -2.45. The molecule has 37 heavy (non-hydrogen) atoms. The summed E-state index contributed by atoms with van der Waals surface area (Å²) in [7, 11) is 0. The third-order valence-corrected chi connectivity index (χ3v) is 6.68. The standard InChI is InChI=1S/C25H26BrIN4O5S/c1-4-34-23-17(26)10-15(11-18(23)27)12-28-31-20(32)13-36-19-9-7-6-8-16(19)22-21(24(33)35-5-2)14(3)29-25(37)30-22/h6-12,22H,4-5,13H2,1-3H3,(H,31,32)(H2,29,30,37)/t22-/m1/s1. The molecule has 0 saturated heterocycles. The number of ether oxygens (including phenoxy) is 3. The van der Waals surface area contributed by atoms with Crippen molar-refractivity contribution in [3.63, 3.8) is 0 Å². The van der Waals surface area contributed by atoms with Crippen LogP contribution >= 0.6 is 50.7 Å². The van der Waals surface area contributed by atoms with Crippen molar-refractivity contribution in [2.45, 2.75) is 26.8 Å². The van der Waals surface area contributed by atoms with E-state index in [1.165, 1.54) is 6.21 Å². The molecule has 9 nitrogen and oxygen atoms in total. The maximum Gasteiger partial charge on any atom is 0.338 e. The van der Waals surface area contributed by atoms with Crippen LogP contribution in [0.4, 0.5) is 0 Å². The number of thiocarbonyl (C=S) groups is 1. The Morgan fingerprint density at radius 3 is 2.68 bits per heavy atom. The molecule has 0 fully saturated rings. The number of nitrogens with zero attached hydrogens (tertiary/aromatic N) is 1. The summed E-state index contributed by atoms with van der Waals surface area (Å²) in [6, 6.07) is 10.2. The van der Waals surface area contributed by atoms with Crippen molar-refractivity contribution in [2.24, 2.45) is 5.10 Å². The first-order valence-electron chi connectivity index (χ1n) is 11.4. The number of hydrogen-bond acceptors (Lipinski definition) is 7. The molecule has 2 aromatic carbocycles. The molecule has 3 N–H and O–H groups in total. The molecule has 0 radical (unpaired) electrons. The van der Waals surface area contributed by atoms with E-state index in [9.17, 15) is 9.59 Å². The average molecular weight is 701 g/mol. The lowest BCUT2D eigenvalue weighted by Gasteiger charge is -2.30. The summed E-state index contributed by atoms with van der Waals surface area (Å²) in [6.45, 7) is 5.92. The van der Waals surface area contributed by atoms with Crippen LogP contribution in [0.3, 0.4) is 0 Å². The highest BCUT2D eigenvalue weighted by atomic mass is 127. The quantitative estimate of drug-likeness (QED) is 0.111. The maximum atomic E-state index is 12.7. The van der Waals surface area contributed by atoms with Crippen LogP contribution in [0.25, 0.3) is 0 Å². The van der Waals surface area contributed by atoms with Crippen LogP contribution in [-0.2, 0) is 14.3 Å². The SMILES string of the molecule is CCOC(=O)C1=C(C)NC(=S)N[C@@H]1c1ccccc1OCC(=O)NN=Cc1cc(Br)c(OCC)c(I)c1. The number of carbonyl (C=O) groups is 2. The van der Waals surface area contributed by atoms with Gasteiger partial charge in [-0.15, -0.1) is 0 Å². The third kappa shape index (κ3) is 7.65. The minimum atomic E-state index is -0.606. The van der Waals surface area contributed by atoms with Crippen LogP contribution < -0.4 is 25.5 Å². The second kappa shape index (κ2) is 13.7. The molecule has 0 aliphatic carbocycles. The number of hydrazone groups is 1. The molecule has 12 heteroatoms. The molecule has 0 unspecified atom stereocenters. The largest absolute Gasteiger partial charge is 0.492 e. The molecule has 1 aliphatic rings. The molecule has 1 heterocycles. The van der Waals surface area contributed by atoms with Crippen LogP contribution in [0.5, 0.6) is 11.5 Å². The number of hydrogen-bond donors (Lipinski definition) is 3. The maximum absolute atomic E-state index is 12.7. The number of esters is 1. The third-order valence-electron chi connectivity index (χ3n) is 5.07. The molecule has 1 aliphatic heterocycles. The van der Waals surface area contributed by atoms with Gasteiger partial charge in [-0.1, -0.05) is 18.2 Å². The molecule has 0 saturated carbocycles. The van der Waals surface area contributed by atoms with E-state index in [0.29, 0.717) is 34.3 Å². The van der Waals surface area contributed by atoms with Crippen molar-refractivity contribution in [2.75, 3.05) is 19.8 Å². The molecule has 2 aromatic rings. The van der Waals surface area contributed by atoms with Crippen LogP contribution in [0, 0.1) is 3.57 Å². The lowest BCUT2D eigenvalue weighted by molar-refractivity contribution is -0.139. The van der Waals surface area contributed by atoms with Crippen molar-refractivity contribution in [3.05, 3.63) is 66.8 Å². The topological polar surface area (TPSA) is 110 Å². The predicted octanol–water partition coefficient (Wildman–Crippen LogP) is 4.34. The summed E-state index contributed by atoms with van der Waals surface area (Å²) in [5.74, 6) is 0.266. The van der Waals surface area contributed by atoms with E-state index in [1.807, 2.05) is 25.1 Å². The van der Waals surface area contributed by atoms with Gasteiger partial charge in [-0.05, 0) is 95.3 Å². The summed E-state index contributed by atoms with van der Waals surface area (Å²) in [5, 5.41) is 10.4. The second-order valence-corrected chi connectivity index (χ2v) is 10.1. The Morgan fingerprint density at radius 2 is 1.97 bits per heavy atom. The predicted molar refractivity (Wildman–Crippen MR) is 157 cm³/mol. The number of rotatable bonds is 10. The van der Waals surface area contributed by atoms with E-state index in [-0.39, 0.29) is 13.2 Å². The molecule has 3 rings (SSSR count). The zero-order valence-electron chi connectivity index (χ0n) is 20.4. The first kappa shape index (κ1) is 28.9. The summed E-state index contributed by atoms with van der Waals surface area (Å²) in [6.07, 6.45) is 1.54. The Kier molecular flexibility index (Phi) is 10.7. The molecule has 0 spiro atoms. The van der Waals surface area contributed by atoms with E-state index in [4.69, 9.17) is 26.4 Å². The molecule has 196 valence electrons. The van der Waals surface area contributed by atoms with Gasteiger partial charge in [0.25, 0.3) is 5.91 Å². The fourth-order valence-electron chi connectivity index (χ4n) is 3.55. The van der Waals surface area contributed by atoms with E-state index < -0.39 is 17.9 Å². The molecule has 0 bridgehead atoms. The molecular formula is C25H26BrIN4O5S. The van der Waals surface area contributed by atoms with Crippen LogP contribution in [-0.4, -0.2) is 43.0 Å². The van der Waals surface area contributed by atoms with Crippen molar-refractivity contribution in [1.29, 1.82) is 0 Å². The van der Waals surface area contributed by atoms with Crippen molar-refractivity contribution >= 4 is 73.9 Å². The molecular weight excluding hydrogens is 675 g/mol. The van der Waals surface area contributed by atoms with Gasteiger partial charge in [0.05, 0.1) is 39.1 Å². The van der Waals surface area contributed by atoms with E-state index in [2.05, 4.69) is 59.7 Å². The minimum absolute atomic E-state index is 0.235. The summed E-state index contributed by atoms with van der Waals surface area (Å²) >= 11 is 11.0. The average Bonchev–Trinajstić information content (AvgIpc) is 2.85. The van der Waals surface area contributed by atoms with E-state index in [1.54, 1.807) is 32.0 Å². The van der Waals surface area contributed by atoms with Gasteiger partial charge in [-0.3, -0.25) is 4.79 Å². The monoisotopic (exact) mass is 700 g/mol.